The monoisotopic (exact) mass is 254 g/mol. The number of hydrogen-bond donors (Lipinski definition) is 3. The van der Waals surface area contributed by atoms with Crippen molar-refractivity contribution >= 4 is 6.03 Å². The molecule has 3 N–H and O–H groups in total. The lowest BCUT2D eigenvalue weighted by Crippen LogP contribution is -2.40. The van der Waals surface area contributed by atoms with Gasteiger partial charge in [0.15, 0.2) is 0 Å². The van der Waals surface area contributed by atoms with Gasteiger partial charge in [0.2, 0.25) is 0 Å². The molecule has 6 nitrogen and oxygen atoms in total. The van der Waals surface area contributed by atoms with E-state index in [2.05, 4.69) is 15.7 Å². The highest BCUT2D eigenvalue weighted by molar-refractivity contribution is 5.73. The zero-order valence-corrected chi connectivity index (χ0v) is 10.8. The van der Waals surface area contributed by atoms with E-state index in [9.17, 15) is 9.90 Å². The van der Waals surface area contributed by atoms with E-state index in [1.165, 1.54) is 0 Å². The molecule has 0 aliphatic rings. The summed E-state index contributed by atoms with van der Waals surface area (Å²) in [6, 6.07) is 1.64. The molecule has 0 aromatic carbocycles. The molecule has 0 spiro atoms. The lowest BCUT2D eigenvalue weighted by molar-refractivity contribution is 0.160. The molecular weight excluding hydrogens is 232 g/mol. The van der Waals surface area contributed by atoms with Gasteiger partial charge in [-0.25, -0.2) is 4.79 Å². The fourth-order valence-electron chi connectivity index (χ4n) is 1.58. The van der Waals surface area contributed by atoms with Crippen LogP contribution in [0.3, 0.4) is 0 Å². The minimum Gasteiger partial charge on any atom is -0.391 e. The van der Waals surface area contributed by atoms with Gasteiger partial charge in [-0.2, -0.15) is 5.10 Å². The summed E-state index contributed by atoms with van der Waals surface area (Å²) in [6.07, 6.45) is 5.61. The van der Waals surface area contributed by atoms with E-state index in [1.54, 1.807) is 6.20 Å². The van der Waals surface area contributed by atoms with Crippen molar-refractivity contribution in [2.45, 2.75) is 38.8 Å². The number of aryl methyl sites for hydroxylation is 1. The highest BCUT2D eigenvalue weighted by Crippen LogP contribution is 1.93. The van der Waals surface area contributed by atoms with E-state index in [-0.39, 0.29) is 6.03 Å². The van der Waals surface area contributed by atoms with Gasteiger partial charge in [0.1, 0.15) is 0 Å². The Bertz CT molecular complexity index is 327. The second-order valence-electron chi connectivity index (χ2n) is 4.20. The lowest BCUT2D eigenvalue weighted by Gasteiger charge is -2.11. The Labute approximate surface area is 107 Å². The van der Waals surface area contributed by atoms with Crippen molar-refractivity contribution in [3.05, 3.63) is 18.5 Å². The second kappa shape index (κ2) is 8.52. The summed E-state index contributed by atoms with van der Waals surface area (Å²) in [5, 5.41) is 18.9. The van der Waals surface area contributed by atoms with Gasteiger partial charge in [-0.1, -0.05) is 13.3 Å². The predicted molar refractivity (Wildman–Crippen MR) is 69.2 cm³/mol. The van der Waals surface area contributed by atoms with Crippen LogP contribution in [0.1, 0.15) is 26.2 Å². The number of urea groups is 1. The average Bonchev–Trinajstić information content (AvgIpc) is 2.85. The van der Waals surface area contributed by atoms with Crippen LogP contribution >= 0.6 is 0 Å². The van der Waals surface area contributed by atoms with Gasteiger partial charge in [0, 0.05) is 32.0 Å². The Morgan fingerprint density at radius 2 is 2.33 bits per heavy atom. The van der Waals surface area contributed by atoms with Crippen LogP contribution in [0.2, 0.25) is 0 Å². The molecule has 0 aliphatic heterocycles. The molecule has 0 saturated heterocycles. The SMILES string of the molecule is CCCC(O)CNC(=O)NCCCn1cccn1. The fraction of sp³-hybridized carbons (Fsp3) is 0.667. The third-order valence-electron chi connectivity index (χ3n) is 2.53. The first kappa shape index (κ1) is 14.5. The number of nitrogens with one attached hydrogen (secondary N) is 2. The van der Waals surface area contributed by atoms with Gasteiger partial charge in [-0.05, 0) is 18.9 Å². The van der Waals surface area contributed by atoms with Crippen LogP contribution in [-0.2, 0) is 6.54 Å². The van der Waals surface area contributed by atoms with E-state index < -0.39 is 6.10 Å². The average molecular weight is 254 g/mol. The summed E-state index contributed by atoms with van der Waals surface area (Å²) in [5.74, 6) is 0. The smallest absolute Gasteiger partial charge is 0.314 e. The quantitative estimate of drug-likeness (QED) is 0.598. The molecule has 1 aromatic heterocycles. The first-order chi connectivity index (χ1) is 8.72. The van der Waals surface area contributed by atoms with Crippen molar-refractivity contribution in [1.82, 2.24) is 20.4 Å². The molecule has 6 heteroatoms. The van der Waals surface area contributed by atoms with Crippen LogP contribution in [0.15, 0.2) is 18.5 Å². The summed E-state index contributed by atoms with van der Waals surface area (Å²) in [5.41, 5.74) is 0. The molecule has 1 atom stereocenters. The topological polar surface area (TPSA) is 79.2 Å². The van der Waals surface area contributed by atoms with Crippen molar-refractivity contribution < 1.29 is 9.90 Å². The molecule has 0 saturated carbocycles. The van der Waals surface area contributed by atoms with Gasteiger partial charge < -0.3 is 15.7 Å². The number of aliphatic hydroxyl groups excluding tert-OH is 1. The van der Waals surface area contributed by atoms with E-state index in [4.69, 9.17) is 0 Å². The number of aliphatic hydroxyl groups is 1. The molecule has 18 heavy (non-hydrogen) atoms. The van der Waals surface area contributed by atoms with Gasteiger partial charge in [-0.15, -0.1) is 0 Å². The molecule has 1 heterocycles. The number of carbonyl (C=O) groups excluding carboxylic acids is 1. The number of carbonyl (C=O) groups is 1. The number of rotatable bonds is 8. The van der Waals surface area contributed by atoms with E-state index >= 15 is 0 Å². The van der Waals surface area contributed by atoms with Crippen molar-refractivity contribution in [2.24, 2.45) is 0 Å². The van der Waals surface area contributed by atoms with Crippen LogP contribution in [0.25, 0.3) is 0 Å². The van der Waals surface area contributed by atoms with Crippen molar-refractivity contribution in [1.29, 1.82) is 0 Å². The van der Waals surface area contributed by atoms with Gasteiger partial charge in [-0.3, -0.25) is 4.68 Å². The Kier molecular flexibility index (Phi) is 6.86. The maximum Gasteiger partial charge on any atom is 0.314 e. The Morgan fingerprint density at radius 3 is 3.00 bits per heavy atom. The normalized spacial score (nSPS) is 12.1. The fourth-order valence-corrected chi connectivity index (χ4v) is 1.58. The van der Waals surface area contributed by atoms with Crippen LogP contribution in [0.5, 0.6) is 0 Å². The summed E-state index contributed by atoms with van der Waals surface area (Å²) >= 11 is 0. The molecule has 0 radical (unpaired) electrons. The maximum absolute atomic E-state index is 11.4. The Balaban J connectivity index is 1.99. The summed E-state index contributed by atoms with van der Waals surface area (Å²) in [4.78, 5) is 11.4. The van der Waals surface area contributed by atoms with Crippen LogP contribution < -0.4 is 10.6 Å². The second-order valence-corrected chi connectivity index (χ2v) is 4.20. The van der Waals surface area contributed by atoms with Crippen LogP contribution in [0, 0.1) is 0 Å². The Morgan fingerprint density at radius 1 is 1.50 bits per heavy atom. The molecule has 1 unspecified atom stereocenters. The number of hydrogen-bond acceptors (Lipinski definition) is 3. The van der Waals surface area contributed by atoms with Crippen molar-refractivity contribution in [2.75, 3.05) is 13.1 Å². The standard InChI is InChI=1S/C12H22N4O2/c1-2-5-11(17)10-14-12(18)13-6-3-8-16-9-4-7-15-16/h4,7,9,11,17H,2-3,5-6,8,10H2,1H3,(H2,13,14,18). The molecule has 1 aromatic rings. The third kappa shape index (κ3) is 6.24. The zero-order chi connectivity index (χ0) is 13.2. The van der Waals surface area contributed by atoms with Crippen molar-refractivity contribution in [3.8, 4) is 0 Å². The third-order valence-corrected chi connectivity index (χ3v) is 2.53. The summed E-state index contributed by atoms with van der Waals surface area (Å²) < 4.78 is 1.82. The number of nitrogens with zero attached hydrogens (tertiary/aromatic N) is 2. The molecule has 102 valence electrons. The number of amides is 2. The van der Waals surface area contributed by atoms with Gasteiger partial charge in [0.25, 0.3) is 0 Å². The summed E-state index contributed by atoms with van der Waals surface area (Å²) in [7, 11) is 0. The summed E-state index contributed by atoms with van der Waals surface area (Å²) in [6.45, 7) is 3.68. The molecule has 1 rings (SSSR count). The van der Waals surface area contributed by atoms with Gasteiger partial charge >= 0.3 is 6.03 Å². The highest BCUT2D eigenvalue weighted by Gasteiger charge is 2.04. The first-order valence-electron chi connectivity index (χ1n) is 6.39. The highest BCUT2D eigenvalue weighted by atomic mass is 16.3. The first-order valence-corrected chi connectivity index (χ1v) is 6.39. The lowest BCUT2D eigenvalue weighted by atomic mass is 10.2. The predicted octanol–water partition coefficient (Wildman–Crippen LogP) is 0.733. The zero-order valence-electron chi connectivity index (χ0n) is 10.8. The van der Waals surface area contributed by atoms with E-state index in [0.717, 1.165) is 19.4 Å². The minimum absolute atomic E-state index is 0.231. The Hall–Kier alpha value is -1.56. The maximum atomic E-state index is 11.4. The largest absolute Gasteiger partial charge is 0.391 e. The van der Waals surface area contributed by atoms with E-state index in [1.807, 2.05) is 23.9 Å². The van der Waals surface area contributed by atoms with E-state index in [0.29, 0.717) is 19.5 Å². The van der Waals surface area contributed by atoms with Crippen LogP contribution in [0.4, 0.5) is 4.79 Å². The minimum atomic E-state index is -0.454. The van der Waals surface area contributed by atoms with Crippen LogP contribution in [-0.4, -0.2) is 40.1 Å². The molecule has 0 aliphatic carbocycles. The molecule has 0 fully saturated rings. The molecule has 0 bridgehead atoms. The molecular formula is C12H22N4O2. The van der Waals surface area contributed by atoms with Crippen molar-refractivity contribution in [3.63, 3.8) is 0 Å². The molecule has 2 amide bonds. The number of aromatic nitrogens is 2. The van der Waals surface area contributed by atoms with Gasteiger partial charge in [0.05, 0.1) is 6.10 Å².